The van der Waals surface area contributed by atoms with Crippen molar-refractivity contribution in [1.29, 1.82) is 0 Å². The van der Waals surface area contributed by atoms with Gasteiger partial charge in [-0.3, -0.25) is 14.3 Å². The summed E-state index contributed by atoms with van der Waals surface area (Å²) >= 11 is 12.1. The maximum Gasteiger partial charge on any atom is 0.387 e. The second-order valence-corrected chi connectivity index (χ2v) is 10.0. The molecule has 1 unspecified atom stereocenters. The Morgan fingerprint density at radius 1 is 1.11 bits per heavy atom. The van der Waals surface area contributed by atoms with Crippen LogP contribution in [0.1, 0.15) is 57.6 Å². The summed E-state index contributed by atoms with van der Waals surface area (Å²) in [4.78, 5) is 30.5. The van der Waals surface area contributed by atoms with E-state index in [-0.39, 0.29) is 36.2 Å². The Hall–Kier alpha value is -3.17. The summed E-state index contributed by atoms with van der Waals surface area (Å²) in [5, 5.41) is 5.36. The van der Waals surface area contributed by atoms with Gasteiger partial charge in [0.1, 0.15) is 11.4 Å². The summed E-state index contributed by atoms with van der Waals surface area (Å²) in [6, 6.07) is 10.6. The normalized spacial score (nSPS) is 18.0. The monoisotopic (exact) mass is 548 g/mol. The van der Waals surface area contributed by atoms with Crippen LogP contribution in [0.25, 0.3) is 0 Å². The van der Waals surface area contributed by atoms with Gasteiger partial charge >= 0.3 is 6.61 Å². The molecule has 0 aliphatic carbocycles. The van der Waals surface area contributed by atoms with Crippen LogP contribution >= 0.6 is 23.2 Å². The molecule has 3 heterocycles. The lowest BCUT2D eigenvalue weighted by Crippen LogP contribution is -2.44. The lowest BCUT2D eigenvalue weighted by Gasteiger charge is -2.35. The molecule has 7 nitrogen and oxygen atoms in total. The van der Waals surface area contributed by atoms with Gasteiger partial charge in [0, 0.05) is 30.1 Å². The molecule has 0 fully saturated rings. The second-order valence-electron chi connectivity index (χ2n) is 9.23. The number of alkyl halides is 2. The molecule has 2 aromatic carbocycles. The predicted octanol–water partition coefficient (Wildman–Crippen LogP) is 5.60. The van der Waals surface area contributed by atoms with Crippen molar-refractivity contribution in [3.05, 3.63) is 80.6 Å². The third-order valence-corrected chi connectivity index (χ3v) is 7.72. The molecule has 37 heavy (non-hydrogen) atoms. The summed E-state index contributed by atoms with van der Waals surface area (Å²) in [5.41, 5.74) is 3.25. The highest BCUT2D eigenvalue weighted by atomic mass is 35.5. The number of nitrogens with zero attached hydrogens (tertiary/aromatic N) is 4. The maximum atomic E-state index is 13.7. The van der Waals surface area contributed by atoms with Crippen LogP contribution in [-0.4, -0.2) is 50.6 Å². The van der Waals surface area contributed by atoms with Crippen LogP contribution in [-0.2, 0) is 19.5 Å². The zero-order chi connectivity index (χ0) is 26.4. The van der Waals surface area contributed by atoms with E-state index >= 15 is 0 Å². The minimum atomic E-state index is -2.90. The maximum absolute atomic E-state index is 13.7. The molecule has 2 aliphatic rings. The molecule has 194 valence electrons. The minimum absolute atomic E-state index is 0.0592. The van der Waals surface area contributed by atoms with E-state index in [1.54, 1.807) is 44.8 Å². The van der Waals surface area contributed by atoms with Crippen molar-refractivity contribution in [3.63, 3.8) is 0 Å². The number of benzene rings is 2. The average Bonchev–Trinajstić information content (AvgIpc) is 3.22. The fourth-order valence-electron chi connectivity index (χ4n) is 4.98. The van der Waals surface area contributed by atoms with E-state index in [4.69, 9.17) is 28.3 Å². The molecule has 0 N–H and O–H groups in total. The molecule has 0 spiro atoms. The number of halogens is 4. The quantitative estimate of drug-likeness (QED) is 0.416. The van der Waals surface area contributed by atoms with Gasteiger partial charge in [0.15, 0.2) is 0 Å². The van der Waals surface area contributed by atoms with Crippen LogP contribution in [0, 0.1) is 0 Å². The van der Waals surface area contributed by atoms with Gasteiger partial charge in [-0.2, -0.15) is 13.9 Å². The van der Waals surface area contributed by atoms with Gasteiger partial charge in [0.2, 0.25) is 0 Å². The Balaban J connectivity index is 1.39. The molecule has 0 saturated heterocycles. The number of amides is 2. The van der Waals surface area contributed by atoms with Crippen molar-refractivity contribution in [2.24, 2.45) is 0 Å². The highest BCUT2D eigenvalue weighted by molar-refractivity contribution is 6.42. The third kappa shape index (κ3) is 4.78. The van der Waals surface area contributed by atoms with Gasteiger partial charge in [-0.15, -0.1) is 0 Å². The highest BCUT2D eigenvalue weighted by Crippen LogP contribution is 2.33. The van der Waals surface area contributed by atoms with Gasteiger partial charge in [-0.25, -0.2) is 0 Å². The molecular formula is C26H24Cl2F2N4O3. The molecule has 2 amide bonds. The van der Waals surface area contributed by atoms with Crippen molar-refractivity contribution < 1.29 is 23.1 Å². The number of carbonyl (C=O) groups excluding carboxylic acids is 2. The summed E-state index contributed by atoms with van der Waals surface area (Å²) < 4.78 is 31.1. The predicted molar refractivity (Wildman–Crippen MR) is 134 cm³/mol. The second kappa shape index (κ2) is 9.95. The van der Waals surface area contributed by atoms with Crippen LogP contribution in [0.5, 0.6) is 5.75 Å². The van der Waals surface area contributed by atoms with Gasteiger partial charge in [0.05, 0.1) is 34.9 Å². The van der Waals surface area contributed by atoms with E-state index in [0.717, 1.165) is 16.8 Å². The van der Waals surface area contributed by atoms with E-state index in [1.165, 1.54) is 12.1 Å². The number of rotatable bonds is 5. The molecule has 11 heteroatoms. The van der Waals surface area contributed by atoms with Gasteiger partial charge in [0.25, 0.3) is 11.8 Å². The number of hydrogen-bond donors (Lipinski definition) is 0. The zero-order valence-electron chi connectivity index (χ0n) is 20.1. The van der Waals surface area contributed by atoms with E-state index in [0.29, 0.717) is 40.8 Å². The molecule has 3 aromatic rings. The average molecular weight is 549 g/mol. The first kappa shape index (κ1) is 25.5. The Kier molecular flexibility index (Phi) is 6.85. The molecule has 0 bridgehead atoms. The number of fused-ring (bicyclic) bond motifs is 3. The first-order valence-electron chi connectivity index (χ1n) is 11.8. The summed E-state index contributed by atoms with van der Waals surface area (Å²) in [6.45, 7) is 2.16. The molecule has 1 aromatic heterocycles. The molecule has 0 saturated carbocycles. The fourth-order valence-corrected chi connectivity index (χ4v) is 5.28. The third-order valence-electron chi connectivity index (χ3n) is 6.98. The van der Waals surface area contributed by atoms with Crippen LogP contribution in [0.3, 0.4) is 0 Å². The van der Waals surface area contributed by atoms with Gasteiger partial charge < -0.3 is 14.5 Å². The minimum Gasteiger partial charge on any atom is -0.435 e. The first-order valence-corrected chi connectivity index (χ1v) is 12.6. The Labute approximate surface area is 222 Å². The van der Waals surface area contributed by atoms with Crippen molar-refractivity contribution in [3.8, 4) is 5.75 Å². The van der Waals surface area contributed by atoms with Crippen molar-refractivity contribution in [2.45, 2.75) is 52.1 Å². The van der Waals surface area contributed by atoms with Crippen molar-refractivity contribution in [1.82, 2.24) is 19.6 Å². The molecular weight excluding hydrogens is 525 g/mol. The molecule has 2 aliphatic heterocycles. The molecule has 5 rings (SSSR count). The zero-order valence-corrected chi connectivity index (χ0v) is 21.6. The smallest absolute Gasteiger partial charge is 0.387 e. The Morgan fingerprint density at radius 3 is 2.51 bits per heavy atom. The van der Waals surface area contributed by atoms with Crippen LogP contribution in [0.2, 0.25) is 10.0 Å². The SMILES string of the molecule is CC(c1ccc(OC(F)F)cc1)N1CCn2nc3c(c2C1=O)CN(C(=O)c1ccc(Cl)c(Cl)c1)[C@H](C)C3. The highest BCUT2D eigenvalue weighted by Gasteiger charge is 2.38. The van der Waals surface area contributed by atoms with Crippen molar-refractivity contribution >= 4 is 35.0 Å². The topological polar surface area (TPSA) is 67.7 Å². The largest absolute Gasteiger partial charge is 0.435 e. The summed E-state index contributed by atoms with van der Waals surface area (Å²) in [5.74, 6) is -0.322. The van der Waals surface area contributed by atoms with Gasteiger partial charge in [-0.05, 0) is 49.7 Å². The Bertz CT molecular complexity index is 1360. The number of ether oxygens (including phenoxy) is 1. The van der Waals surface area contributed by atoms with E-state index in [2.05, 4.69) is 4.74 Å². The Morgan fingerprint density at radius 2 is 1.84 bits per heavy atom. The van der Waals surface area contributed by atoms with Gasteiger partial charge in [-0.1, -0.05) is 35.3 Å². The molecule has 2 atom stereocenters. The number of carbonyl (C=O) groups is 2. The standard InChI is InChI=1S/C26H24Cl2F2N4O3/c1-14-11-22-19(13-33(14)24(35)17-5-8-20(27)21(28)12-17)23-25(36)32(9-10-34(23)31-22)15(2)16-3-6-18(7-4-16)37-26(29)30/h3-8,12,14-15,26H,9-11,13H2,1-2H3/t14-,15?/m1/s1. The van der Waals surface area contributed by atoms with E-state index < -0.39 is 6.61 Å². The van der Waals surface area contributed by atoms with Crippen LogP contribution in [0.15, 0.2) is 42.5 Å². The van der Waals surface area contributed by atoms with E-state index in [9.17, 15) is 18.4 Å². The summed E-state index contributed by atoms with van der Waals surface area (Å²) in [6.07, 6.45) is 0.525. The number of aromatic nitrogens is 2. The van der Waals surface area contributed by atoms with Crippen LogP contribution in [0.4, 0.5) is 8.78 Å². The fraction of sp³-hybridized carbons (Fsp3) is 0.346. The number of hydrogen-bond acceptors (Lipinski definition) is 4. The summed E-state index contributed by atoms with van der Waals surface area (Å²) in [7, 11) is 0. The van der Waals surface area contributed by atoms with Crippen molar-refractivity contribution in [2.75, 3.05) is 6.54 Å². The first-order chi connectivity index (χ1) is 17.6. The molecule has 0 radical (unpaired) electrons. The lowest BCUT2D eigenvalue weighted by atomic mass is 9.97. The lowest BCUT2D eigenvalue weighted by molar-refractivity contribution is -0.0498. The van der Waals surface area contributed by atoms with Crippen LogP contribution < -0.4 is 4.74 Å². The van der Waals surface area contributed by atoms with E-state index in [1.807, 2.05) is 13.8 Å².